The van der Waals surface area contributed by atoms with Crippen LogP contribution in [0.1, 0.15) is 23.4 Å². The average Bonchev–Trinajstić information content (AvgIpc) is 3.18. The molecule has 1 aromatic heterocycles. The topological polar surface area (TPSA) is 67.9 Å². The first-order chi connectivity index (χ1) is 13.5. The van der Waals surface area contributed by atoms with Crippen molar-refractivity contribution in [3.63, 3.8) is 0 Å². The van der Waals surface area contributed by atoms with E-state index in [1.807, 2.05) is 41.8 Å². The molecule has 148 valence electrons. The van der Waals surface area contributed by atoms with E-state index in [4.69, 9.17) is 9.47 Å². The van der Waals surface area contributed by atoms with Crippen molar-refractivity contribution < 1.29 is 19.1 Å². The number of amides is 2. The molecule has 3 rings (SSSR count). The van der Waals surface area contributed by atoms with Crippen molar-refractivity contribution in [1.29, 1.82) is 0 Å². The zero-order valence-electron chi connectivity index (χ0n) is 15.6. The van der Waals surface area contributed by atoms with Gasteiger partial charge in [-0.1, -0.05) is 34.1 Å². The van der Waals surface area contributed by atoms with E-state index in [0.29, 0.717) is 24.4 Å². The summed E-state index contributed by atoms with van der Waals surface area (Å²) in [5.74, 6) is -0.462. The fourth-order valence-electron chi connectivity index (χ4n) is 3.03. The van der Waals surface area contributed by atoms with Gasteiger partial charge in [0.2, 0.25) is 0 Å². The van der Waals surface area contributed by atoms with Crippen molar-refractivity contribution in [2.24, 2.45) is 0 Å². The Balaban J connectivity index is 1.98. The number of nitrogens with one attached hydrogen (secondary N) is 1. The number of rotatable bonds is 7. The predicted octanol–water partition coefficient (Wildman–Crippen LogP) is 4.24. The second-order valence-electron chi connectivity index (χ2n) is 6.23. The normalized spacial score (nSPS) is 16.9. The van der Waals surface area contributed by atoms with Gasteiger partial charge in [-0.3, -0.25) is 4.90 Å². The maximum atomic E-state index is 12.9. The van der Waals surface area contributed by atoms with Gasteiger partial charge in [-0.05, 0) is 36.1 Å². The van der Waals surface area contributed by atoms with E-state index >= 15 is 0 Å². The van der Waals surface area contributed by atoms with Crippen molar-refractivity contribution in [2.45, 2.75) is 19.5 Å². The summed E-state index contributed by atoms with van der Waals surface area (Å²) in [4.78, 5) is 28.3. The van der Waals surface area contributed by atoms with Gasteiger partial charge in [0.1, 0.15) is 6.61 Å². The molecule has 1 aromatic carbocycles. The van der Waals surface area contributed by atoms with Gasteiger partial charge in [0.05, 0.1) is 24.8 Å². The predicted molar refractivity (Wildman–Crippen MR) is 111 cm³/mol. The highest BCUT2D eigenvalue weighted by Gasteiger charge is 2.36. The second-order valence-corrected chi connectivity index (χ2v) is 8.18. The molecule has 0 fully saturated rings. The quantitative estimate of drug-likeness (QED) is 0.491. The van der Waals surface area contributed by atoms with E-state index in [2.05, 4.69) is 21.2 Å². The van der Waals surface area contributed by atoms with Gasteiger partial charge in [-0.25, -0.2) is 9.59 Å². The third-order valence-corrected chi connectivity index (χ3v) is 5.77. The van der Waals surface area contributed by atoms with Crippen molar-refractivity contribution in [2.75, 3.05) is 20.3 Å². The fraction of sp³-hybridized carbons (Fsp3) is 0.300. The summed E-state index contributed by atoms with van der Waals surface area (Å²) in [6, 6.07) is 10.6. The third kappa shape index (κ3) is 4.63. The van der Waals surface area contributed by atoms with Crippen molar-refractivity contribution in [1.82, 2.24) is 10.2 Å². The highest BCUT2D eigenvalue weighted by Crippen LogP contribution is 2.33. The average molecular weight is 465 g/mol. The Hall–Kier alpha value is -2.16. The van der Waals surface area contributed by atoms with Crippen LogP contribution in [0.15, 0.2) is 57.5 Å². The summed E-state index contributed by atoms with van der Waals surface area (Å²) in [5, 5.41) is 4.91. The van der Waals surface area contributed by atoms with Gasteiger partial charge in [-0.2, -0.15) is 0 Å². The Morgan fingerprint density at radius 2 is 2.11 bits per heavy atom. The van der Waals surface area contributed by atoms with E-state index in [9.17, 15) is 9.59 Å². The monoisotopic (exact) mass is 464 g/mol. The van der Waals surface area contributed by atoms with Gasteiger partial charge in [-0.15, -0.1) is 11.3 Å². The van der Waals surface area contributed by atoms with Crippen LogP contribution in [0, 0.1) is 0 Å². The number of esters is 1. The number of halogens is 1. The Morgan fingerprint density at radius 3 is 2.79 bits per heavy atom. The molecule has 1 unspecified atom stereocenters. The number of nitrogens with zero attached hydrogens (tertiary/aromatic N) is 1. The number of carbonyl (C=O) groups is 2. The molecule has 8 heteroatoms. The number of allylic oxidation sites excluding steroid dienone is 1. The number of benzene rings is 1. The van der Waals surface area contributed by atoms with Crippen LogP contribution in [-0.2, 0) is 20.8 Å². The van der Waals surface area contributed by atoms with Gasteiger partial charge >= 0.3 is 12.0 Å². The Morgan fingerprint density at radius 1 is 1.29 bits per heavy atom. The minimum Gasteiger partial charge on any atom is -0.460 e. The fourth-order valence-corrected chi connectivity index (χ4v) is 4.14. The van der Waals surface area contributed by atoms with Gasteiger partial charge in [0, 0.05) is 22.2 Å². The molecule has 2 aromatic rings. The maximum Gasteiger partial charge on any atom is 0.338 e. The summed E-state index contributed by atoms with van der Waals surface area (Å²) in [7, 11) is 1.55. The van der Waals surface area contributed by atoms with Crippen molar-refractivity contribution >= 4 is 39.3 Å². The van der Waals surface area contributed by atoms with Crippen LogP contribution < -0.4 is 5.32 Å². The van der Waals surface area contributed by atoms with Crippen LogP contribution in [0.2, 0.25) is 0 Å². The van der Waals surface area contributed by atoms with E-state index in [0.717, 1.165) is 14.9 Å². The number of hydrogen-bond donors (Lipinski definition) is 1. The van der Waals surface area contributed by atoms with Crippen molar-refractivity contribution in [3.8, 4) is 0 Å². The molecule has 2 amide bonds. The molecule has 0 bridgehead atoms. The highest BCUT2D eigenvalue weighted by molar-refractivity contribution is 9.10. The maximum absolute atomic E-state index is 12.9. The number of methoxy groups -OCH3 is 1. The SMILES string of the molecule is COCCOC(=O)C1=C(C)N(Cc2cccs2)C(=O)NC1c1cccc(Br)c1. The lowest BCUT2D eigenvalue weighted by atomic mass is 9.95. The number of hydrogen-bond acceptors (Lipinski definition) is 5. The summed E-state index contributed by atoms with van der Waals surface area (Å²) >= 11 is 5.01. The van der Waals surface area contributed by atoms with Gasteiger partial charge in [0.25, 0.3) is 0 Å². The molecule has 1 aliphatic rings. The van der Waals surface area contributed by atoms with Crippen molar-refractivity contribution in [3.05, 3.63) is 68.0 Å². The smallest absolute Gasteiger partial charge is 0.338 e. The minimum absolute atomic E-state index is 0.149. The molecule has 0 saturated carbocycles. The number of carbonyl (C=O) groups excluding carboxylic acids is 2. The summed E-state index contributed by atoms with van der Waals surface area (Å²) in [6.07, 6.45) is 0. The first-order valence-corrected chi connectivity index (χ1v) is 10.4. The molecular formula is C20H21BrN2O4S. The molecule has 0 radical (unpaired) electrons. The lowest BCUT2D eigenvalue weighted by Gasteiger charge is -2.35. The highest BCUT2D eigenvalue weighted by atomic mass is 79.9. The summed E-state index contributed by atoms with van der Waals surface area (Å²) in [5.41, 5.74) is 1.81. The minimum atomic E-state index is -0.584. The molecule has 2 heterocycles. The van der Waals surface area contributed by atoms with E-state index < -0.39 is 12.0 Å². The standard InChI is InChI=1S/C20H21BrN2O4S/c1-13-17(19(24)27-9-8-26-2)18(14-5-3-6-15(21)11-14)22-20(25)23(13)12-16-7-4-10-28-16/h3-7,10-11,18H,8-9,12H2,1-2H3,(H,22,25). The van der Waals surface area contributed by atoms with E-state index in [-0.39, 0.29) is 12.6 Å². The lowest BCUT2D eigenvalue weighted by Crippen LogP contribution is -2.47. The zero-order valence-corrected chi connectivity index (χ0v) is 18.0. The molecule has 1 aliphatic heterocycles. The van der Waals surface area contributed by atoms with E-state index in [1.165, 1.54) is 0 Å². The largest absolute Gasteiger partial charge is 0.460 e. The first-order valence-electron chi connectivity index (χ1n) is 8.74. The summed E-state index contributed by atoms with van der Waals surface area (Å²) < 4.78 is 11.2. The van der Waals surface area contributed by atoms with Crippen LogP contribution in [-0.4, -0.2) is 37.2 Å². The van der Waals surface area contributed by atoms with Crippen LogP contribution in [0.4, 0.5) is 4.79 Å². The first kappa shape index (κ1) is 20.6. The van der Waals surface area contributed by atoms with Crippen LogP contribution in [0.3, 0.4) is 0 Å². The molecule has 0 saturated heterocycles. The van der Waals surface area contributed by atoms with Crippen LogP contribution in [0.25, 0.3) is 0 Å². The second kappa shape index (κ2) is 9.36. The molecule has 0 aliphatic carbocycles. The number of thiophene rings is 1. The molecule has 6 nitrogen and oxygen atoms in total. The third-order valence-electron chi connectivity index (χ3n) is 4.41. The van der Waals surface area contributed by atoms with Crippen LogP contribution >= 0.6 is 27.3 Å². The zero-order chi connectivity index (χ0) is 20.1. The summed E-state index contributed by atoms with van der Waals surface area (Å²) in [6.45, 7) is 2.64. The van der Waals surface area contributed by atoms with E-state index in [1.54, 1.807) is 30.3 Å². The Bertz CT molecular complexity index is 882. The van der Waals surface area contributed by atoms with Crippen LogP contribution in [0.5, 0.6) is 0 Å². The molecule has 28 heavy (non-hydrogen) atoms. The number of ether oxygens (including phenoxy) is 2. The molecule has 1 N–H and O–H groups in total. The molecular weight excluding hydrogens is 444 g/mol. The molecule has 0 spiro atoms. The van der Waals surface area contributed by atoms with Gasteiger partial charge in [0.15, 0.2) is 0 Å². The molecule has 1 atom stereocenters. The Labute approximate surface area is 176 Å². The van der Waals surface area contributed by atoms with Gasteiger partial charge < -0.3 is 14.8 Å². The Kier molecular flexibility index (Phi) is 6.88. The number of urea groups is 1. The lowest BCUT2D eigenvalue weighted by molar-refractivity contribution is -0.140.